The summed E-state index contributed by atoms with van der Waals surface area (Å²) in [5.74, 6) is 0.710. The molecule has 0 saturated heterocycles. The SMILES string of the molecule is CCC(CC)CNC(N)=S. The van der Waals surface area contributed by atoms with E-state index in [0.717, 1.165) is 6.54 Å². The van der Waals surface area contributed by atoms with E-state index >= 15 is 0 Å². The third-order valence-corrected chi connectivity index (χ3v) is 1.86. The van der Waals surface area contributed by atoms with E-state index in [4.69, 9.17) is 5.73 Å². The van der Waals surface area contributed by atoms with Crippen LogP contribution in [-0.4, -0.2) is 11.7 Å². The van der Waals surface area contributed by atoms with Crippen molar-refractivity contribution in [2.45, 2.75) is 26.7 Å². The van der Waals surface area contributed by atoms with Crippen molar-refractivity contribution < 1.29 is 0 Å². The van der Waals surface area contributed by atoms with Crippen molar-refractivity contribution >= 4 is 17.3 Å². The van der Waals surface area contributed by atoms with Crippen LogP contribution in [-0.2, 0) is 0 Å². The van der Waals surface area contributed by atoms with Crippen LogP contribution in [0.2, 0.25) is 0 Å². The fourth-order valence-electron chi connectivity index (χ4n) is 0.822. The Morgan fingerprint density at radius 1 is 1.50 bits per heavy atom. The van der Waals surface area contributed by atoms with Gasteiger partial charge in [0.05, 0.1) is 0 Å². The molecule has 2 nitrogen and oxygen atoms in total. The van der Waals surface area contributed by atoms with Crippen molar-refractivity contribution in [1.82, 2.24) is 5.32 Å². The fraction of sp³-hybridized carbons (Fsp3) is 0.857. The van der Waals surface area contributed by atoms with Gasteiger partial charge in [-0.25, -0.2) is 0 Å². The van der Waals surface area contributed by atoms with Crippen LogP contribution in [0.15, 0.2) is 0 Å². The lowest BCUT2D eigenvalue weighted by Gasteiger charge is -2.12. The van der Waals surface area contributed by atoms with Gasteiger partial charge in [0.15, 0.2) is 5.11 Å². The minimum absolute atomic E-state index is 0.409. The maximum atomic E-state index is 5.27. The molecule has 3 heteroatoms. The zero-order chi connectivity index (χ0) is 7.98. The predicted molar refractivity (Wildman–Crippen MR) is 48.9 cm³/mol. The second-order valence-electron chi connectivity index (χ2n) is 2.43. The lowest BCUT2D eigenvalue weighted by Crippen LogP contribution is -2.33. The Labute approximate surface area is 68.2 Å². The summed E-state index contributed by atoms with van der Waals surface area (Å²) in [4.78, 5) is 0. The van der Waals surface area contributed by atoms with E-state index in [1.165, 1.54) is 12.8 Å². The van der Waals surface area contributed by atoms with Gasteiger partial charge in [-0.05, 0) is 18.1 Å². The van der Waals surface area contributed by atoms with Gasteiger partial charge in [0.1, 0.15) is 0 Å². The molecule has 0 unspecified atom stereocenters. The highest BCUT2D eigenvalue weighted by Crippen LogP contribution is 2.04. The van der Waals surface area contributed by atoms with E-state index in [1.807, 2.05) is 0 Å². The molecule has 0 fully saturated rings. The van der Waals surface area contributed by atoms with Gasteiger partial charge >= 0.3 is 0 Å². The van der Waals surface area contributed by atoms with E-state index in [0.29, 0.717) is 11.0 Å². The normalized spacial score (nSPS) is 9.90. The van der Waals surface area contributed by atoms with Crippen LogP contribution in [0.1, 0.15) is 26.7 Å². The van der Waals surface area contributed by atoms with Crippen molar-refractivity contribution in [3.63, 3.8) is 0 Å². The highest BCUT2D eigenvalue weighted by Gasteiger charge is 2.01. The smallest absolute Gasteiger partial charge is 0.163 e. The molecule has 0 aromatic heterocycles. The Kier molecular flexibility index (Phi) is 5.30. The van der Waals surface area contributed by atoms with E-state index in [9.17, 15) is 0 Å². The molecule has 0 aliphatic rings. The minimum atomic E-state index is 0.409. The third kappa shape index (κ3) is 4.56. The van der Waals surface area contributed by atoms with E-state index < -0.39 is 0 Å². The van der Waals surface area contributed by atoms with Crippen LogP contribution >= 0.6 is 12.2 Å². The second-order valence-corrected chi connectivity index (χ2v) is 2.87. The first-order chi connectivity index (χ1) is 4.70. The first-order valence-electron chi connectivity index (χ1n) is 3.74. The van der Waals surface area contributed by atoms with E-state index in [2.05, 4.69) is 31.4 Å². The van der Waals surface area contributed by atoms with Gasteiger partial charge in [0.25, 0.3) is 0 Å². The maximum Gasteiger partial charge on any atom is 0.163 e. The zero-order valence-corrected chi connectivity index (χ0v) is 7.50. The maximum absolute atomic E-state index is 5.27. The molecule has 3 N–H and O–H groups in total. The van der Waals surface area contributed by atoms with Gasteiger partial charge in [-0.1, -0.05) is 26.7 Å². The number of thiocarbonyl (C=S) groups is 1. The monoisotopic (exact) mass is 160 g/mol. The summed E-state index contributed by atoms with van der Waals surface area (Å²) in [7, 11) is 0. The summed E-state index contributed by atoms with van der Waals surface area (Å²) in [6.45, 7) is 5.27. The molecule has 0 rings (SSSR count). The van der Waals surface area contributed by atoms with Crippen molar-refractivity contribution in [3.05, 3.63) is 0 Å². The second kappa shape index (κ2) is 5.47. The first-order valence-corrected chi connectivity index (χ1v) is 4.14. The largest absolute Gasteiger partial charge is 0.376 e. The van der Waals surface area contributed by atoms with Crippen LogP contribution in [0.4, 0.5) is 0 Å². The standard InChI is InChI=1S/C7H16N2S/c1-3-6(4-2)5-9-7(8)10/h6H,3-5H2,1-2H3,(H3,8,9,10). The molecule has 0 aromatic carbocycles. The average molecular weight is 160 g/mol. The Balaban J connectivity index is 3.34. The molecule has 0 saturated carbocycles. The number of nitrogens with two attached hydrogens (primary N) is 1. The molecule has 0 heterocycles. The molecule has 0 spiro atoms. The zero-order valence-electron chi connectivity index (χ0n) is 6.68. The van der Waals surface area contributed by atoms with Gasteiger partial charge < -0.3 is 11.1 Å². The van der Waals surface area contributed by atoms with E-state index in [1.54, 1.807) is 0 Å². The average Bonchev–Trinajstić information content (AvgIpc) is 1.90. The highest BCUT2D eigenvalue weighted by atomic mass is 32.1. The molecule has 0 aromatic rings. The van der Waals surface area contributed by atoms with Gasteiger partial charge in [-0.2, -0.15) is 0 Å². The van der Waals surface area contributed by atoms with Crippen molar-refractivity contribution in [2.24, 2.45) is 11.7 Å². The summed E-state index contributed by atoms with van der Waals surface area (Å²) in [6, 6.07) is 0. The number of hydrogen-bond acceptors (Lipinski definition) is 1. The van der Waals surface area contributed by atoms with Gasteiger partial charge in [0.2, 0.25) is 0 Å². The third-order valence-electron chi connectivity index (χ3n) is 1.72. The molecular formula is C7H16N2S. The van der Waals surface area contributed by atoms with Crippen molar-refractivity contribution in [1.29, 1.82) is 0 Å². The summed E-state index contributed by atoms with van der Waals surface area (Å²) in [5, 5.41) is 3.37. The molecule has 0 aliphatic heterocycles. The van der Waals surface area contributed by atoms with Crippen LogP contribution in [0, 0.1) is 5.92 Å². The molecule has 0 aliphatic carbocycles. The van der Waals surface area contributed by atoms with Crippen LogP contribution in [0.25, 0.3) is 0 Å². The lowest BCUT2D eigenvalue weighted by atomic mass is 10.0. The Morgan fingerprint density at radius 2 is 2.00 bits per heavy atom. The topological polar surface area (TPSA) is 38.0 Å². The summed E-state index contributed by atoms with van der Waals surface area (Å²) >= 11 is 4.68. The summed E-state index contributed by atoms with van der Waals surface area (Å²) in [5.41, 5.74) is 5.27. The Hall–Kier alpha value is -0.310. The first kappa shape index (κ1) is 9.69. The molecule has 0 amide bonds. The van der Waals surface area contributed by atoms with Crippen LogP contribution in [0.3, 0.4) is 0 Å². The Bertz CT molecular complexity index is 99.8. The van der Waals surface area contributed by atoms with Crippen molar-refractivity contribution in [2.75, 3.05) is 6.54 Å². The fourth-order valence-corrected chi connectivity index (χ4v) is 0.906. The molecule has 60 valence electrons. The molecule has 0 atom stereocenters. The predicted octanol–water partition coefficient (Wildman–Crippen LogP) is 1.26. The summed E-state index contributed by atoms with van der Waals surface area (Å²) < 4.78 is 0. The van der Waals surface area contributed by atoms with Crippen molar-refractivity contribution in [3.8, 4) is 0 Å². The van der Waals surface area contributed by atoms with Gasteiger partial charge in [-0.3, -0.25) is 0 Å². The summed E-state index contributed by atoms with van der Waals surface area (Å²) in [6.07, 6.45) is 2.37. The van der Waals surface area contributed by atoms with Crippen LogP contribution in [0.5, 0.6) is 0 Å². The molecular weight excluding hydrogens is 144 g/mol. The van der Waals surface area contributed by atoms with Crippen LogP contribution < -0.4 is 11.1 Å². The van der Waals surface area contributed by atoms with Gasteiger partial charge in [-0.15, -0.1) is 0 Å². The number of nitrogens with one attached hydrogen (secondary N) is 1. The quantitative estimate of drug-likeness (QED) is 0.608. The number of rotatable bonds is 4. The molecule has 0 bridgehead atoms. The minimum Gasteiger partial charge on any atom is -0.376 e. The lowest BCUT2D eigenvalue weighted by molar-refractivity contribution is 0.485. The highest BCUT2D eigenvalue weighted by molar-refractivity contribution is 7.80. The molecule has 0 radical (unpaired) electrons. The Morgan fingerprint density at radius 3 is 2.30 bits per heavy atom. The number of hydrogen-bond donors (Lipinski definition) is 2. The van der Waals surface area contributed by atoms with Gasteiger partial charge in [0, 0.05) is 6.54 Å². The van der Waals surface area contributed by atoms with E-state index in [-0.39, 0.29) is 0 Å². The molecule has 10 heavy (non-hydrogen) atoms.